The molecule has 1 heterocycles. The Hall–Kier alpha value is -3.26. The lowest BCUT2D eigenvalue weighted by atomic mass is 9.88. The van der Waals surface area contributed by atoms with E-state index in [1.807, 2.05) is 0 Å². The van der Waals surface area contributed by atoms with E-state index >= 15 is 0 Å². The molecule has 0 aromatic heterocycles. The quantitative estimate of drug-likeness (QED) is 0.584. The molecule has 34 heavy (non-hydrogen) atoms. The molecule has 3 atom stereocenters. The zero-order valence-corrected chi connectivity index (χ0v) is 17.9. The predicted molar refractivity (Wildman–Crippen MR) is 110 cm³/mol. The van der Waals surface area contributed by atoms with Crippen LogP contribution >= 0.6 is 0 Å². The third kappa shape index (κ3) is 6.20. The number of rotatable bonds is 6. The van der Waals surface area contributed by atoms with E-state index < -0.39 is 41.5 Å². The van der Waals surface area contributed by atoms with Gasteiger partial charge in [-0.1, -0.05) is 18.2 Å². The number of alkyl halides is 6. The van der Waals surface area contributed by atoms with Gasteiger partial charge in [-0.15, -0.1) is 0 Å². The number of ether oxygens (including phenoxy) is 1. The zero-order chi connectivity index (χ0) is 25.1. The summed E-state index contributed by atoms with van der Waals surface area (Å²) in [6, 6.07) is 7.89. The van der Waals surface area contributed by atoms with E-state index in [-0.39, 0.29) is 24.5 Å². The number of halogens is 6. The van der Waals surface area contributed by atoms with Gasteiger partial charge in [-0.2, -0.15) is 31.6 Å². The van der Waals surface area contributed by atoms with Gasteiger partial charge in [0.1, 0.15) is 18.4 Å². The van der Waals surface area contributed by atoms with Crippen molar-refractivity contribution in [1.29, 1.82) is 5.26 Å². The standard InChI is InChI=1S/C23H21F6N3O2/c1-13(33)31-11-14-2-6-18(7-3-14)34-12-17-9-19(21(32-17)23(27,28)29)15-4-5-16(10-30)20(8-15)22(24,25)26/h2-8,17,19,21,32H,9,11-12H2,1H3,(H,31,33)/t17-,19?,21+/m0/s1. The van der Waals surface area contributed by atoms with Crippen LogP contribution in [-0.4, -0.2) is 30.8 Å². The summed E-state index contributed by atoms with van der Waals surface area (Å²) in [5.74, 6) is -1.06. The fourth-order valence-corrected chi connectivity index (χ4v) is 3.90. The lowest BCUT2D eigenvalue weighted by molar-refractivity contribution is -0.156. The number of hydrogen-bond donors (Lipinski definition) is 2. The molecule has 5 nitrogen and oxygen atoms in total. The minimum atomic E-state index is -4.87. The van der Waals surface area contributed by atoms with E-state index in [4.69, 9.17) is 10.00 Å². The van der Waals surface area contributed by atoms with Gasteiger partial charge in [-0.3, -0.25) is 10.1 Å². The monoisotopic (exact) mass is 485 g/mol. The average molecular weight is 485 g/mol. The van der Waals surface area contributed by atoms with Crippen LogP contribution in [0.3, 0.4) is 0 Å². The topological polar surface area (TPSA) is 74.1 Å². The smallest absolute Gasteiger partial charge is 0.417 e. The van der Waals surface area contributed by atoms with Crippen LogP contribution in [0.1, 0.15) is 41.5 Å². The van der Waals surface area contributed by atoms with Gasteiger partial charge in [0.05, 0.1) is 17.2 Å². The summed E-state index contributed by atoms with van der Waals surface area (Å²) in [5.41, 5.74) is -1.24. The van der Waals surface area contributed by atoms with Crippen LogP contribution in [0.4, 0.5) is 26.3 Å². The molecular formula is C23H21F6N3O2. The molecule has 1 aliphatic rings. The van der Waals surface area contributed by atoms with Gasteiger partial charge in [0.25, 0.3) is 0 Å². The van der Waals surface area contributed by atoms with E-state index in [1.54, 1.807) is 24.3 Å². The zero-order valence-electron chi connectivity index (χ0n) is 17.9. The van der Waals surface area contributed by atoms with Crippen LogP contribution in [0.2, 0.25) is 0 Å². The molecule has 0 aliphatic carbocycles. The highest BCUT2D eigenvalue weighted by Crippen LogP contribution is 2.42. The fourth-order valence-electron chi connectivity index (χ4n) is 3.90. The highest BCUT2D eigenvalue weighted by molar-refractivity contribution is 5.72. The molecular weight excluding hydrogens is 464 g/mol. The number of benzene rings is 2. The number of hydrogen-bond acceptors (Lipinski definition) is 4. The van der Waals surface area contributed by atoms with E-state index in [1.165, 1.54) is 13.0 Å². The third-order valence-corrected chi connectivity index (χ3v) is 5.52. The molecule has 0 saturated carbocycles. The van der Waals surface area contributed by atoms with Crippen LogP contribution in [-0.2, 0) is 17.5 Å². The summed E-state index contributed by atoms with van der Waals surface area (Å²) < 4.78 is 86.5. The molecule has 11 heteroatoms. The second kappa shape index (κ2) is 9.93. The summed E-state index contributed by atoms with van der Waals surface area (Å²) in [7, 11) is 0. The van der Waals surface area contributed by atoms with Gasteiger partial charge in [0.2, 0.25) is 5.91 Å². The first-order valence-electron chi connectivity index (χ1n) is 10.3. The Kier molecular flexibility index (Phi) is 7.41. The Morgan fingerprint density at radius 3 is 2.38 bits per heavy atom. The van der Waals surface area contributed by atoms with E-state index in [9.17, 15) is 31.1 Å². The number of nitriles is 1. The number of nitrogens with one attached hydrogen (secondary N) is 2. The Morgan fingerprint density at radius 1 is 1.15 bits per heavy atom. The van der Waals surface area contributed by atoms with Gasteiger partial charge < -0.3 is 10.1 Å². The molecule has 1 aliphatic heterocycles. The molecule has 2 aromatic carbocycles. The first-order chi connectivity index (χ1) is 15.9. The minimum Gasteiger partial charge on any atom is -0.492 e. The van der Waals surface area contributed by atoms with Crippen LogP contribution in [0.25, 0.3) is 0 Å². The molecule has 2 aromatic rings. The molecule has 0 bridgehead atoms. The number of nitrogens with zero attached hydrogens (tertiary/aromatic N) is 1. The third-order valence-electron chi connectivity index (χ3n) is 5.52. The summed E-state index contributed by atoms with van der Waals surface area (Å²) in [6.07, 6.45) is -9.67. The number of carbonyl (C=O) groups excluding carboxylic acids is 1. The van der Waals surface area contributed by atoms with Gasteiger partial charge in [0, 0.05) is 25.4 Å². The van der Waals surface area contributed by atoms with E-state index in [0.717, 1.165) is 17.7 Å². The van der Waals surface area contributed by atoms with E-state index in [0.29, 0.717) is 18.4 Å². The molecule has 3 rings (SSSR count). The van der Waals surface area contributed by atoms with Crippen molar-refractivity contribution in [3.8, 4) is 11.8 Å². The van der Waals surface area contributed by atoms with Gasteiger partial charge >= 0.3 is 12.4 Å². The molecule has 1 amide bonds. The van der Waals surface area contributed by atoms with Gasteiger partial charge in [-0.05, 0) is 41.8 Å². The van der Waals surface area contributed by atoms with Crippen molar-refractivity contribution in [1.82, 2.24) is 10.6 Å². The molecule has 1 fully saturated rings. The van der Waals surface area contributed by atoms with Crippen molar-refractivity contribution in [2.45, 2.75) is 50.2 Å². The lowest BCUT2D eigenvalue weighted by Gasteiger charge is -2.23. The molecule has 0 radical (unpaired) electrons. The van der Waals surface area contributed by atoms with Crippen LogP contribution in [0.5, 0.6) is 5.75 Å². The second-order valence-corrected chi connectivity index (χ2v) is 8.00. The van der Waals surface area contributed by atoms with Crippen molar-refractivity contribution in [2.75, 3.05) is 6.61 Å². The van der Waals surface area contributed by atoms with Crippen LogP contribution in [0.15, 0.2) is 42.5 Å². The minimum absolute atomic E-state index is 0.103. The maximum absolute atomic E-state index is 13.7. The lowest BCUT2D eigenvalue weighted by Crippen LogP contribution is -2.44. The summed E-state index contributed by atoms with van der Waals surface area (Å²) in [6.45, 7) is 1.57. The van der Waals surface area contributed by atoms with E-state index in [2.05, 4.69) is 10.6 Å². The SMILES string of the molecule is CC(=O)NCc1ccc(OC[C@@H]2CC(c3ccc(C#N)c(C(F)(F)F)c3)[C@H](C(F)(F)F)N2)cc1. The Balaban J connectivity index is 1.73. The average Bonchev–Trinajstić information content (AvgIpc) is 3.21. The fraction of sp³-hybridized carbons (Fsp3) is 0.391. The normalized spacial score (nSPS) is 20.6. The van der Waals surface area contributed by atoms with Crippen molar-refractivity contribution < 1.29 is 35.9 Å². The van der Waals surface area contributed by atoms with Crippen molar-refractivity contribution in [2.24, 2.45) is 0 Å². The predicted octanol–water partition coefficient (Wildman–Crippen LogP) is 4.67. The van der Waals surface area contributed by atoms with Crippen LogP contribution in [0, 0.1) is 11.3 Å². The Labute approximate surface area is 191 Å². The van der Waals surface area contributed by atoms with Crippen molar-refractivity contribution >= 4 is 5.91 Å². The molecule has 1 saturated heterocycles. The molecule has 0 spiro atoms. The van der Waals surface area contributed by atoms with Crippen LogP contribution < -0.4 is 15.4 Å². The molecule has 1 unspecified atom stereocenters. The summed E-state index contributed by atoms with van der Waals surface area (Å²) >= 11 is 0. The first kappa shape index (κ1) is 25.4. The van der Waals surface area contributed by atoms with Crippen molar-refractivity contribution in [3.05, 3.63) is 64.7 Å². The first-order valence-corrected chi connectivity index (χ1v) is 10.3. The molecule has 2 N–H and O–H groups in total. The molecule has 182 valence electrons. The van der Waals surface area contributed by atoms with Gasteiger partial charge in [-0.25, -0.2) is 0 Å². The Morgan fingerprint density at radius 2 is 1.82 bits per heavy atom. The van der Waals surface area contributed by atoms with Crippen molar-refractivity contribution in [3.63, 3.8) is 0 Å². The maximum atomic E-state index is 13.7. The Bertz CT molecular complexity index is 1060. The summed E-state index contributed by atoms with van der Waals surface area (Å²) in [4.78, 5) is 11.0. The van der Waals surface area contributed by atoms with Gasteiger partial charge in [0.15, 0.2) is 0 Å². The maximum Gasteiger partial charge on any atom is 0.417 e. The number of amides is 1. The highest BCUT2D eigenvalue weighted by Gasteiger charge is 2.51. The number of carbonyl (C=O) groups is 1. The highest BCUT2D eigenvalue weighted by atomic mass is 19.4. The second-order valence-electron chi connectivity index (χ2n) is 8.00. The largest absolute Gasteiger partial charge is 0.492 e. The summed E-state index contributed by atoms with van der Waals surface area (Å²) in [5, 5.41) is 14.0.